The summed E-state index contributed by atoms with van der Waals surface area (Å²) >= 11 is 1.25. The van der Waals surface area contributed by atoms with Gasteiger partial charge in [-0.1, -0.05) is 36.4 Å². The van der Waals surface area contributed by atoms with Crippen LogP contribution in [0.5, 0.6) is 0 Å². The molecule has 0 radical (unpaired) electrons. The summed E-state index contributed by atoms with van der Waals surface area (Å²) in [5.74, 6) is 0.121. The highest BCUT2D eigenvalue weighted by atomic mass is 32.2. The minimum Gasteiger partial charge on any atom is -0.334 e. The third-order valence-corrected chi connectivity index (χ3v) is 8.62. The van der Waals surface area contributed by atoms with Crippen molar-refractivity contribution in [2.75, 3.05) is 32.7 Å². The summed E-state index contributed by atoms with van der Waals surface area (Å²) in [5, 5.41) is 1.78. The normalized spacial score (nSPS) is 17.4. The highest BCUT2D eigenvalue weighted by molar-refractivity contribution is 7.91. The number of hydrogen-bond acceptors (Lipinski definition) is 4. The van der Waals surface area contributed by atoms with E-state index in [0.29, 0.717) is 43.5 Å². The number of carbonyl (C=O) groups excluding carboxylic acids is 1. The van der Waals surface area contributed by atoms with Crippen molar-refractivity contribution in [2.24, 2.45) is 0 Å². The molecular weight excluding hydrogens is 394 g/mol. The maximum atomic E-state index is 13.0. The molecule has 1 N–H and O–H groups in total. The van der Waals surface area contributed by atoms with Crippen molar-refractivity contribution in [2.45, 2.75) is 30.6 Å². The van der Waals surface area contributed by atoms with E-state index in [2.05, 4.69) is 0 Å². The summed E-state index contributed by atoms with van der Waals surface area (Å²) in [7, 11) is -3.41. The van der Waals surface area contributed by atoms with Gasteiger partial charge in [-0.3, -0.25) is 4.79 Å². The van der Waals surface area contributed by atoms with E-state index in [1.54, 1.807) is 21.8 Å². The lowest BCUT2D eigenvalue weighted by molar-refractivity contribution is -0.918. The Morgan fingerprint density at radius 2 is 1.86 bits per heavy atom. The van der Waals surface area contributed by atoms with Crippen molar-refractivity contribution in [3.63, 3.8) is 0 Å². The molecule has 8 heteroatoms. The Hall–Kier alpha value is -1.74. The number of nitrogens with zero attached hydrogens (tertiary/aromatic N) is 2. The first-order valence-corrected chi connectivity index (χ1v) is 12.0. The van der Waals surface area contributed by atoms with Crippen LogP contribution in [0.2, 0.25) is 0 Å². The minimum absolute atomic E-state index is 0.121. The smallest absolute Gasteiger partial charge is 0.280 e. The first-order valence-electron chi connectivity index (χ1n) is 9.64. The van der Waals surface area contributed by atoms with Gasteiger partial charge in [0.15, 0.2) is 6.04 Å². The van der Waals surface area contributed by atoms with Gasteiger partial charge in [0.25, 0.3) is 15.9 Å². The highest BCUT2D eigenvalue weighted by Crippen LogP contribution is 2.20. The van der Waals surface area contributed by atoms with Gasteiger partial charge in [0.05, 0.1) is 26.2 Å². The Morgan fingerprint density at radius 3 is 2.43 bits per heavy atom. The summed E-state index contributed by atoms with van der Waals surface area (Å²) in [5.41, 5.74) is 1.12. The molecule has 0 unspecified atom stereocenters. The van der Waals surface area contributed by atoms with Crippen LogP contribution in [0.4, 0.5) is 0 Å². The summed E-state index contributed by atoms with van der Waals surface area (Å²) in [6, 6.07) is 13.2. The number of likely N-dealkylation sites (N-methyl/N-ethyl adjacent to an activating group) is 1. The standard InChI is InChI=1S/C20H27N3O3S2/c1-3-21(16-18-8-5-4-6-9-18)20(24)17(2)22-11-13-23(14-12-22)28(25,26)19-10-7-15-27-19/h4-10,15,17H,3,11-14,16H2,1-2H3/p+1/t17-/m1/s1. The number of amides is 1. The molecule has 2 heterocycles. The maximum absolute atomic E-state index is 13.0. The number of nitrogens with one attached hydrogen (secondary N) is 1. The van der Waals surface area contributed by atoms with Gasteiger partial charge < -0.3 is 9.80 Å². The predicted octanol–water partition coefficient (Wildman–Crippen LogP) is 1.07. The maximum Gasteiger partial charge on any atom is 0.280 e. The molecule has 1 fully saturated rings. The van der Waals surface area contributed by atoms with Crippen LogP contribution in [0.25, 0.3) is 0 Å². The number of benzene rings is 1. The molecule has 1 aromatic carbocycles. The Balaban J connectivity index is 1.59. The van der Waals surface area contributed by atoms with E-state index >= 15 is 0 Å². The largest absolute Gasteiger partial charge is 0.334 e. The molecule has 0 spiro atoms. The van der Waals surface area contributed by atoms with Crippen molar-refractivity contribution >= 4 is 27.3 Å². The number of quaternary nitrogens is 1. The fourth-order valence-electron chi connectivity index (χ4n) is 3.58. The van der Waals surface area contributed by atoms with Gasteiger partial charge in [0, 0.05) is 13.1 Å². The number of carbonyl (C=O) groups is 1. The molecule has 2 aromatic rings. The molecule has 0 aliphatic carbocycles. The second-order valence-electron chi connectivity index (χ2n) is 7.05. The molecule has 28 heavy (non-hydrogen) atoms. The molecule has 6 nitrogen and oxygen atoms in total. The summed E-state index contributed by atoms with van der Waals surface area (Å²) < 4.78 is 27.3. The van der Waals surface area contributed by atoms with Crippen molar-refractivity contribution < 1.29 is 18.1 Å². The number of hydrogen-bond donors (Lipinski definition) is 1. The van der Waals surface area contributed by atoms with Gasteiger partial charge >= 0.3 is 0 Å². The Kier molecular flexibility index (Phi) is 6.87. The molecule has 1 aliphatic heterocycles. The molecule has 0 bridgehead atoms. The molecular formula is C20H28N3O3S2+. The summed E-state index contributed by atoms with van der Waals surface area (Å²) in [6.45, 7) is 7.37. The van der Waals surface area contributed by atoms with Crippen LogP contribution < -0.4 is 4.90 Å². The van der Waals surface area contributed by atoms with E-state index in [1.165, 1.54) is 11.3 Å². The van der Waals surface area contributed by atoms with Gasteiger partial charge in [-0.15, -0.1) is 11.3 Å². The third-order valence-electron chi connectivity index (χ3n) is 5.35. The zero-order chi connectivity index (χ0) is 20.1. The zero-order valence-corrected chi connectivity index (χ0v) is 18.0. The number of sulfonamides is 1. The van der Waals surface area contributed by atoms with Gasteiger partial charge in [-0.05, 0) is 30.9 Å². The highest BCUT2D eigenvalue weighted by Gasteiger charge is 2.36. The second-order valence-corrected chi connectivity index (χ2v) is 10.2. The second kappa shape index (κ2) is 9.17. The van der Waals surface area contributed by atoms with E-state index in [9.17, 15) is 13.2 Å². The average molecular weight is 423 g/mol. The van der Waals surface area contributed by atoms with Gasteiger partial charge in [-0.2, -0.15) is 4.31 Å². The van der Waals surface area contributed by atoms with E-state index < -0.39 is 10.0 Å². The first kappa shape index (κ1) is 21.0. The minimum atomic E-state index is -3.41. The lowest BCUT2D eigenvalue weighted by Gasteiger charge is -2.35. The summed E-state index contributed by atoms with van der Waals surface area (Å²) in [6.07, 6.45) is 0. The fraction of sp³-hybridized carbons (Fsp3) is 0.450. The molecule has 1 amide bonds. The van der Waals surface area contributed by atoms with Crippen molar-refractivity contribution in [1.29, 1.82) is 0 Å². The molecule has 1 aliphatic rings. The number of thiophene rings is 1. The number of rotatable bonds is 7. The number of piperazine rings is 1. The van der Waals surface area contributed by atoms with E-state index in [0.717, 1.165) is 10.5 Å². The Bertz CT molecular complexity index is 861. The van der Waals surface area contributed by atoms with Crippen LogP contribution in [0.3, 0.4) is 0 Å². The van der Waals surface area contributed by atoms with Crippen molar-refractivity contribution in [3.05, 3.63) is 53.4 Å². The van der Waals surface area contributed by atoms with Crippen LogP contribution in [-0.2, 0) is 21.4 Å². The topological polar surface area (TPSA) is 62.1 Å². The Morgan fingerprint density at radius 1 is 1.18 bits per heavy atom. The van der Waals surface area contributed by atoms with E-state index in [1.807, 2.05) is 49.1 Å². The molecule has 3 rings (SSSR count). The molecule has 1 aromatic heterocycles. The van der Waals surface area contributed by atoms with Crippen LogP contribution in [0.15, 0.2) is 52.1 Å². The van der Waals surface area contributed by atoms with Crippen LogP contribution in [0.1, 0.15) is 19.4 Å². The molecule has 0 saturated carbocycles. The van der Waals surface area contributed by atoms with Crippen molar-refractivity contribution in [1.82, 2.24) is 9.21 Å². The molecule has 1 saturated heterocycles. The average Bonchev–Trinajstić information content (AvgIpc) is 3.27. The lowest BCUT2D eigenvalue weighted by atomic mass is 10.1. The lowest BCUT2D eigenvalue weighted by Crippen LogP contribution is -3.19. The van der Waals surface area contributed by atoms with Gasteiger partial charge in [0.1, 0.15) is 4.21 Å². The quantitative estimate of drug-likeness (QED) is 0.726. The van der Waals surface area contributed by atoms with Gasteiger partial charge in [0.2, 0.25) is 0 Å². The third kappa shape index (κ3) is 4.63. The predicted molar refractivity (Wildman–Crippen MR) is 111 cm³/mol. The van der Waals surface area contributed by atoms with Crippen LogP contribution in [0, 0.1) is 0 Å². The van der Waals surface area contributed by atoms with E-state index in [4.69, 9.17) is 0 Å². The SMILES string of the molecule is CCN(Cc1ccccc1)C(=O)[C@@H](C)[NH+]1CCN(S(=O)(=O)c2cccs2)CC1. The zero-order valence-electron chi connectivity index (χ0n) is 16.4. The molecule has 152 valence electrons. The summed E-state index contributed by atoms with van der Waals surface area (Å²) in [4.78, 5) is 16.0. The van der Waals surface area contributed by atoms with Gasteiger partial charge in [-0.25, -0.2) is 8.42 Å². The fourth-order valence-corrected chi connectivity index (χ4v) is 6.17. The Labute approximate surface area is 171 Å². The van der Waals surface area contributed by atoms with Crippen LogP contribution >= 0.6 is 11.3 Å². The molecule has 1 atom stereocenters. The monoisotopic (exact) mass is 422 g/mol. The van der Waals surface area contributed by atoms with E-state index in [-0.39, 0.29) is 11.9 Å². The van der Waals surface area contributed by atoms with Crippen LogP contribution in [-0.4, -0.2) is 62.3 Å². The first-order chi connectivity index (χ1) is 13.4. The van der Waals surface area contributed by atoms with Crippen molar-refractivity contribution in [3.8, 4) is 0 Å².